The standard InChI is InChI=1S/C15H25N2O12P3.C14H22N3O8P.C5H12O5P2.C3H10O4P2/c1-9-7-17(15(21)16-14(9)20)13-6-11(19)12(26-13)8-25-30(3,22)28-32(5,24)29-31(4,23)27-10(2)18;1-9-7-17(14(20)15-13(9)19)12-6-10(18)11(25-12)8-24-26(21,22)16-2-4-23-5-3-16;1-5(6)9-12(4,8)10-11(2,3)7;1-8(2,4)7-9(3,5)6/h7,11-13,19H,6,8H2,1-5H3,(H,16,20,21);7,10-12,18H,2-6,8H2,1H3,(H,21,22)(H,15,19,20);1-4H3;1-3H3,(H,5,6)/p-1. The maximum Gasteiger partial charge on any atom is 0.385 e. The van der Waals surface area contributed by atoms with E-state index in [1.807, 2.05) is 0 Å². The lowest BCUT2D eigenvalue weighted by Crippen LogP contribution is -2.39. The number of nitrogens with one attached hydrogen (secondary N) is 2. The third kappa shape index (κ3) is 27.7. The fourth-order valence-electron chi connectivity index (χ4n) is 6.73. The average molecular weight is 1290 g/mol. The molecular weight excluding hydrogens is 1230 g/mol. The summed E-state index contributed by atoms with van der Waals surface area (Å²) in [7, 11) is -29.4. The number of aromatic nitrogens is 4. The Morgan fingerprint density at radius 1 is 0.608 bits per heavy atom. The normalized spacial score (nSPS) is 25.2. The molecule has 34 nitrogen and oxygen atoms in total. The summed E-state index contributed by atoms with van der Waals surface area (Å²) in [5, 5.41) is 20.3. The second-order valence-electron chi connectivity index (χ2n) is 18.3. The number of hydrogen-bond acceptors (Lipinski definition) is 28. The van der Waals surface area contributed by atoms with Crippen LogP contribution in [-0.4, -0.2) is 175 Å². The smallest absolute Gasteiger partial charge is 0.385 e. The van der Waals surface area contributed by atoms with Gasteiger partial charge in [0.15, 0.2) is 0 Å². The summed E-state index contributed by atoms with van der Waals surface area (Å²) in [6, 6.07) is 0. The van der Waals surface area contributed by atoms with Gasteiger partial charge in [0.1, 0.15) is 24.7 Å². The predicted octanol–water partition coefficient (Wildman–Crippen LogP) is 3.17. The molecular formula is C37H68N5O29P8-. The van der Waals surface area contributed by atoms with Crippen LogP contribution in [-0.2, 0) is 95.7 Å². The van der Waals surface area contributed by atoms with Crippen molar-refractivity contribution >= 4 is 72.4 Å². The van der Waals surface area contributed by atoms with Gasteiger partial charge in [0.25, 0.3) is 11.1 Å². The highest BCUT2D eigenvalue weighted by atomic mass is 31.3. The minimum atomic E-state index is -4.27. The second-order valence-corrected chi connectivity index (χ2v) is 36.1. The van der Waals surface area contributed by atoms with Crippen molar-refractivity contribution in [2.24, 2.45) is 0 Å². The molecule has 79 heavy (non-hydrogen) atoms. The summed E-state index contributed by atoms with van der Waals surface area (Å²) in [6.45, 7) is 15.3. The zero-order valence-corrected chi connectivity index (χ0v) is 52.3. The molecule has 0 aliphatic carbocycles. The molecule has 5 rings (SSSR count). The van der Waals surface area contributed by atoms with Gasteiger partial charge >= 0.3 is 61.3 Å². The highest BCUT2D eigenvalue weighted by molar-refractivity contribution is 7.72. The van der Waals surface area contributed by atoms with E-state index in [1.54, 1.807) is 0 Å². The molecule has 12 unspecified atom stereocenters. The molecule has 3 fully saturated rings. The fourth-order valence-corrected chi connectivity index (χ4v) is 20.2. The molecule has 0 radical (unpaired) electrons. The number of nitrogens with zero attached hydrogens (tertiary/aromatic N) is 3. The van der Waals surface area contributed by atoms with Crippen LogP contribution in [0.1, 0.15) is 50.3 Å². The Kier molecular flexibility index (Phi) is 27.0. The van der Waals surface area contributed by atoms with Gasteiger partial charge in [-0.15, -0.1) is 0 Å². The Bertz CT molecular complexity index is 3080. The molecule has 0 bridgehead atoms. The number of morpholine rings is 1. The molecule has 456 valence electrons. The second kappa shape index (κ2) is 29.4. The van der Waals surface area contributed by atoms with Crippen molar-refractivity contribution < 1.29 is 116 Å². The van der Waals surface area contributed by atoms with Crippen molar-refractivity contribution in [3.63, 3.8) is 0 Å². The number of aliphatic hydroxyl groups is 2. The molecule has 3 aliphatic rings. The van der Waals surface area contributed by atoms with Crippen LogP contribution in [0.4, 0.5) is 0 Å². The van der Waals surface area contributed by atoms with E-state index in [0.717, 1.165) is 51.7 Å². The maximum atomic E-state index is 12.6. The molecule has 2 aromatic heterocycles. The number of aliphatic hydroxyl groups excluding tert-OH is 2. The molecule has 0 spiro atoms. The van der Waals surface area contributed by atoms with Gasteiger partial charge in [0.2, 0.25) is 22.5 Å². The maximum absolute atomic E-state index is 12.6. The van der Waals surface area contributed by atoms with Crippen molar-refractivity contribution in [1.82, 2.24) is 23.8 Å². The lowest BCUT2D eigenvalue weighted by Gasteiger charge is -2.37. The molecule has 5 heterocycles. The number of rotatable bonds is 19. The predicted molar refractivity (Wildman–Crippen MR) is 280 cm³/mol. The van der Waals surface area contributed by atoms with Gasteiger partial charge in [-0.2, -0.15) is 0 Å². The molecule has 42 heteroatoms. The van der Waals surface area contributed by atoms with E-state index in [2.05, 4.69) is 27.6 Å². The van der Waals surface area contributed by atoms with E-state index < -0.39 is 138 Å². The van der Waals surface area contributed by atoms with Gasteiger partial charge in [-0.05, 0) is 13.8 Å². The highest BCUT2D eigenvalue weighted by Crippen LogP contribution is 2.68. The quantitative estimate of drug-likeness (QED) is 0.126. The van der Waals surface area contributed by atoms with Crippen LogP contribution < -0.4 is 27.4 Å². The number of ether oxygens (including phenoxy) is 3. The highest BCUT2D eigenvalue weighted by Gasteiger charge is 2.41. The Morgan fingerprint density at radius 3 is 1.33 bits per heavy atom. The number of aromatic amines is 2. The first-order valence-electron chi connectivity index (χ1n) is 22.8. The van der Waals surface area contributed by atoms with Crippen LogP contribution >= 0.6 is 60.5 Å². The molecule has 5 N–H and O–H groups in total. The summed E-state index contributed by atoms with van der Waals surface area (Å²) < 4.78 is 150. The lowest BCUT2D eigenvalue weighted by atomic mass is 10.2. The van der Waals surface area contributed by atoms with Gasteiger partial charge in [-0.3, -0.25) is 70.0 Å². The lowest BCUT2D eigenvalue weighted by molar-refractivity contribution is -0.218. The number of carbonyl (C=O) groups is 2. The topological polar surface area (TPSA) is 469 Å². The van der Waals surface area contributed by atoms with Crippen LogP contribution in [0.25, 0.3) is 0 Å². The molecule has 3 aliphatic heterocycles. The zero-order valence-electron chi connectivity index (χ0n) is 45.2. The summed E-state index contributed by atoms with van der Waals surface area (Å²) in [6.07, 6.45) is -3.15. The monoisotopic (exact) mass is 1290 g/mol. The van der Waals surface area contributed by atoms with E-state index in [9.17, 15) is 80.4 Å². The van der Waals surface area contributed by atoms with Crippen molar-refractivity contribution in [2.45, 2.75) is 77.4 Å². The van der Waals surface area contributed by atoms with Gasteiger partial charge < -0.3 is 52.3 Å². The van der Waals surface area contributed by atoms with Crippen molar-refractivity contribution in [3.05, 3.63) is 65.2 Å². The first-order chi connectivity index (χ1) is 35.6. The summed E-state index contributed by atoms with van der Waals surface area (Å²) in [4.78, 5) is 93.2. The Hall–Kier alpha value is -2.42. The van der Waals surface area contributed by atoms with Crippen molar-refractivity contribution in [2.75, 3.05) is 99.5 Å². The number of carbonyl (C=O) groups excluding carboxylic acids is 2. The van der Waals surface area contributed by atoms with Crippen LogP contribution in [0, 0.1) is 13.8 Å². The molecule has 0 aromatic carbocycles. The third-order valence-electron chi connectivity index (χ3n) is 9.40. The summed E-state index contributed by atoms with van der Waals surface area (Å²) in [5.41, 5.74) is -1.87. The third-order valence-corrected chi connectivity index (χ3v) is 23.1. The molecule has 0 saturated carbocycles. The van der Waals surface area contributed by atoms with Crippen LogP contribution in [0.3, 0.4) is 0 Å². The zero-order chi connectivity index (χ0) is 61.1. The van der Waals surface area contributed by atoms with Gasteiger partial charge in [0.05, 0.1) is 52.0 Å². The van der Waals surface area contributed by atoms with E-state index in [-0.39, 0.29) is 38.1 Å². The van der Waals surface area contributed by atoms with Crippen LogP contribution in [0.15, 0.2) is 31.6 Å². The number of H-pyrrole nitrogens is 2. The SMILES string of the molecule is CC(=O)OP(C)(=O)OP(C)(=O)OP(C)(=O)OCC1OC(n2cc(C)c(=O)[nH]c2=O)CC1O.CC(=O)OP(C)(=O)OP(C)(C)=O.CP(C)(=O)OP(C)(=O)O.Cc1cn(C2CC(O)C(COP(=O)([O-])N3CCOCC3)O2)c(=O)[nH]c1=O. The van der Waals surface area contributed by atoms with E-state index in [4.69, 9.17) is 36.8 Å². The van der Waals surface area contributed by atoms with Gasteiger partial charge in [-0.1, -0.05) is 0 Å². The average Bonchev–Trinajstić information content (AvgIpc) is 3.79. The summed E-state index contributed by atoms with van der Waals surface area (Å²) >= 11 is 0. The Morgan fingerprint density at radius 2 is 0.975 bits per heavy atom. The largest absolute Gasteiger partial charge is 0.766 e. The number of hydrogen-bond donors (Lipinski definition) is 5. The minimum Gasteiger partial charge on any atom is -0.766 e. The summed E-state index contributed by atoms with van der Waals surface area (Å²) in [5.74, 6) is -1.65. The van der Waals surface area contributed by atoms with Gasteiger partial charge in [-0.25, -0.2) is 36.3 Å². The molecule has 3 saturated heterocycles. The van der Waals surface area contributed by atoms with Crippen LogP contribution in [0.2, 0.25) is 0 Å². The van der Waals surface area contributed by atoms with Crippen molar-refractivity contribution in [1.29, 1.82) is 0 Å². The minimum absolute atomic E-state index is 0.0227. The fraction of sp³-hybridized carbons (Fsp3) is 0.730. The van der Waals surface area contributed by atoms with E-state index >= 15 is 0 Å². The molecule has 0 amide bonds. The van der Waals surface area contributed by atoms with E-state index in [1.165, 1.54) is 62.1 Å². The number of aryl methyl sites for hydroxylation is 2. The molecule has 2 aromatic rings. The Labute approximate surface area is 452 Å². The molecule has 12 atom stereocenters. The van der Waals surface area contributed by atoms with Gasteiger partial charge in [0, 0.05) is 110 Å². The first-order valence-corrected chi connectivity index (χ1v) is 39.3. The van der Waals surface area contributed by atoms with Crippen molar-refractivity contribution in [3.8, 4) is 0 Å². The Balaban J connectivity index is 0.000000402. The van der Waals surface area contributed by atoms with E-state index in [0.29, 0.717) is 18.8 Å². The first kappa shape index (κ1) is 72.7. The van der Waals surface area contributed by atoms with Crippen LogP contribution in [0.5, 0.6) is 0 Å².